The Morgan fingerprint density at radius 1 is 0.889 bits per heavy atom. The van der Waals surface area contributed by atoms with Crippen LogP contribution in [-0.4, -0.2) is 13.6 Å². The van der Waals surface area contributed by atoms with E-state index in [0.29, 0.717) is 13.6 Å². The van der Waals surface area contributed by atoms with Crippen molar-refractivity contribution in [3.05, 3.63) is 41.6 Å². The van der Waals surface area contributed by atoms with Gasteiger partial charge in [0, 0.05) is 17.4 Å². The number of benzene rings is 2. The summed E-state index contributed by atoms with van der Waals surface area (Å²) in [6.07, 6.45) is 5.29. The summed E-state index contributed by atoms with van der Waals surface area (Å²) in [5.74, 6) is 3.42. The second-order valence-electron chi connectivity index (χ2n) is 7.27. The summed E-state index contributed by atoms with van der Waals surface area (Å²) >= 11 is 0. The summed E-state index contributed by atoms with van der Waals surface area (Å²) in [4.78, 5) is 0. The van der Waals surface area contributed by atoms with Gasteiger partial charge in [-0.15, -0.1) is 0 Å². The molecule has 5 heteroatoms. The summed E-state index contributed by atoms with van der Waals surface area (Å²) < 4.78 is 25.0. The first-order valence-electron chi connectivity index (χ1n) is 9.54. The highest BCUT2D eigenvalue weighted by Crippen LogP contribution is 2.45. The molecule has 3 aromatic rings. The minimum atomic E-state index is 0.297. The molecule has 0 bridgehead atoms. The van der Waals surface area contributed by atoms with Crippen molar-refractivity contribution in [2.24, 2.45) is 0 Å². The van der Waals surface area contributed by atoms with Gasteiger partial charge in [-0.25, -0.2) is 0 Å². The number of aryl methyl sites for hydroxylation is 3. The van der Waals surface area contributed by atoms with Crippen molar-refractivity contribution in [3.8, 4) is 34.3 Å². The molecule has 0 spiro atoms. The first-order valence-corrected chi connectivity index (χ1v) is 9.54. The minimum absolute atomic E-state index is 0.297. The summed E-state index contributed by atoms with van der Waals surface area (Å²) in [5.41, 5.74) is 5.26. The van der Waals surface area contributed by atoms with Crippen LogP contribution in [-0.2, 0) is 19.4 Å². The fourth-order valence-corrected chi connectivity index (χ4v) is 4.57. The van der Waals surface area contributed by atoms with Gasteiger partial charge >= 0.3 is 0 Å². The second kappa shape index (κ2) is 5.52. The Kier molecular flexibility index (Phi) is 3.10. The lowest BCUT2D eigenvalue weighted by Crippen LogP contribution is -2.38. The van der Waals surface area contributed by atoms with Gasteiger partial charge in [-0.3, -0.25) is 0 Å². The van der Waals surface area contributed by atoms with E-state index in [0.717, 1.165) is 54.2 Å². The number of pyridine rings is 1. The average Bonchev–Trinajstić information content (AvgIpc) is 3.34. The first-order chi connectivity index (χ1) is 13.3. The molecule has 1 aromatic heterocycles. The van der Waals surface area contributed by atoms with Crippen molar-refractivity contribution < 1.29 is 23.5 Å². The molecule has 6 rings (SSSR count). The van der Waals surface area contributed by atoms with Crippen molar-refractivity contribution in [3.63, 3.8) is 0 Å². The predicted octanol–water partition coefficient (Wildman–Crippen LogP) is 3.76. The molecule has 3 heterocycles. The predicted molar refractivity (Wildman–Crippen MR) is 99.5 cm³/mol. The lowest BCUT2D eigenvalue weighted by molar-refractivity contribution is -0.685. The molecule has 2 aliphatic heterocycles. The van der Waals surface area contributed by atoms with Crippen LogP contribution in [0.25, 0.3) is 22.0 Å². The summed E-state index contributed by atoms with van der Waals surface area (Å²) in [7, 11) is 0. The third kappa shape index (κ3) is 2.08. The molecular formula is C22H20NO4+. The topological polar surface area (TPSA) is 40.8 Å². The Labute approximate surface area is 157 Å². The number of hydrogen-bond donors (Lipinski definition) is 0. The highest BCUT2D eigenvalue weighted by Gasteiger charge is 2.32. The highest BCUT2D eigenvalue weighted by atomic mass is 16.7. The van der Waals surface area contributed by atoms with E-state index >= 15 is 0 Å². The van der Waals surface area contributed by atoms with Crippen LogP contribution in [0, 0.1) is 0 Å². The standard InChI is InChI=1S/C22H20NO4/c1-2-7-23-10-17-14(5-6-18-22(17)27-12-24-18)15-4-3-13-8-19-20(26-11-25-19)9-16(13)21(15)23/h5-6,8-10H,2-4,7,11-12H2,1H3/q+1. The molecule has 0 radical (unpaired) electrons. The molecule has 0 saturated carbocycles. The number of rotatable bonds is 2. The van der Waals surface area contributed by atoms with E-state index in [2.05, 4.69) is 35.9 Å². The van der Waals surface area contributed by atoms with Crippen LogP contribution in [0.15, 0.2) is 30.5 Å². The molecule has 0 unspecified atom stereocenters. The van der Waals surface area contributed by atoms with Gasteiger partial charge in [0.15, 0.2) is 29.2 Å². The van der Waals surface area contributed by atoms with Gasteiger partial charge in [0.25, 0.3) is 0 Å². The minimum Gasteiger partial charge on any atom is -0.454 e. The van der Waals surface area contributed by atoms with E-state index in [1.165, 1.54) is 27.8 Å². The number of ether oxygens (including phenoxy) is 4. The van der Waals surface area contributed by atoms with Crippen LogP contribution in [0.4, 0.5) is 0 Å². The third-order valence-electron chi connectivity index (χ3n) is 5.72. The molecule has 5 nitrogen and oxygen atoms in total. The van der Waals surface area contributed by atoms with E-state index in [-0.39, 0.29) is 0 Å². The Morgan fingerprint density at radius 3 is 2.59 bits per heavy atom. The fourth-order valence-electron chi connectivity index (χ4n) is 4.57. The first kappa shape index (κ1) is 15.1. The molecule has 2 aromatic carbocycles. The van der Waals surface area contributed by atoms with Crippen molar-refractivity contribution >= 4 is 10.8 Å². The molecule has 3 aliphatic rings. The smallest absolute Gasteiger partial charge is 0.231 e. The molecule has 0 N–H and O–H groups in total. The molecule has 0 saturated heterocycles. The lowest BCUT2D eigenvalue weighted by Gasteiger charge is -2.20. The zero-order valence-corrected chi connectivity index (χ0v) is 15.2. The van der Waals surface area contributed by atoms with Crippen molar-refractivity contribution in [2.45, 2.75) is 32.7 Å². The maximum Gasteiger partial charge on any atom is 0.231 e. The third-order valence-corrected chi connectivity index (χ3v) is 5.72. The summed E-state index contributed by atoms with van der Waals surface area (Å²) in [6, 6.07) is 8.52. The molecule has 27 heavy (non-hydrogen) atoms. The van der Waals surface area contributed by atoms with Gasteiger partial charge in [0.2, 0.25) is 19.3 Å². The number of hydrogen-bond acceptors (Lipinski definition) is 4. The van der Waals surface area contributed by atoms with Gasteiger partial charge in [-0.2, -0.15) is 4.57 Å². The van der Waals surface area contributed by atoms with Crippen LogP contribution in [0.1, 0.15) is 24.5 Å². The molecule has 0 fully saturated rings. The molecule has 1 aliphatic carbocycles. The molecular weight excluding hydrogens is 342 g/mol. The van der Waals surface area contributed by atoms with Crippen molar-refractivity contribution in [1.82, 2.24) is 0 Å². The van der Waals surface area contributed by atoms with Gasteiger partial charge < -0.3 is 18.9 Å². The second-order valence-corrected chi connectivity index (χ2v) is 7.27. The Hall–Kier alpha value is -2.95. The Bertz CT molecular complexity index is 1110. The number of nitrogens with zero attached hydrogens (tertiary/aromatic N) is 1. The Morgan fingerprint density at radius 2 is 1.70 bits per heavy atom. The van der Waals surface area contributed by atoms with E-state index in [9.17, 15) is 0 Å². The molecule has 0 amide bonds. The quantitative estimate of drug-likeness (QED) is 0.651. The number of fused-ring (bicyclic) bond motifs is 8. The van der Waals surface area contributed by atoms with Crippen LogP contribution >= 0.6 is 0 Å². The number of aromatic nitrogens is 1. The van der Waals surface area contributed by atoms with Gasteiger partial charge in [-0.1, -0.05) is 6.92 Å². The highest BCUT2D eigenvalue weighted by molar-refractivity contribution is 5.95. The average molecular weight is 362 g/mol. The van der Waals surface area contributed by atoms with Gasteiger partial charge in [0.1, 0.15) is 6.54 Å². The van der Waals surface area contributed by atoms with E-state index < -0.39 is 0 Å². The summed E-state index contributed by atoms with van der Waals surface area (Å²) in [6.45, 7) is 3.77. The van der Waals surface area contributed by atoms with Crippen LogP contribution < -0.4 is 23.5 Å². The normalized spacial score (nSPS) is 15.7. The van der Waals surface area contributed by atoms with Crippen LogP contribution in [0.2, 0.25) is 0 Å². The maximum atomic E-state index is 5.79. The Balaban J connectivity index is 1.67. The van der Waals surface area contributed by atoms with Crippen LogP contribution in [0.3, 0.4) is 0 Å². The maximum absolute atomic E-state index is 5.79. The van der Waals surface area contributed by atoms with Crippen molar-refractivity contribution in [2.75, 3.05) is 13.6 Å². The molecule has 0 atom stereocenters. The largest absolute Gasteiger partial charge is 0.454 e. The molecule has 136 valence electrons. The van der Waals surface area contributed by atoms with Gasteiger partial charge in [0.05, 0.1) is 10.9 Å². The van der Waals surface area contributed by atoms with Crippen molar-refractivity contribution in [1.29, 1.82) is 0 Å². The fraction of sp³-hybridized carbons (Fsp3) is 0.318. The lowest BCUT2D eigenvalue weighted by atomic mass is 9.85. The monoisotopic (exact) mass is 362 g/mol. The van der Waals surface area contributed by atoms with E-state index in [1.54, 1.807) is 0 Å². The zero-order valence-electron chi connectivity index (χ0n) is 15.2. The SMILES string of the molecule is CCC[n+]1cc2c3c(ccc2c2c1-c1cc4c(cc1CC2)OCO4)OCO3. The zero-order chi connectivity index (χ0) is 18.0. The van der Waals surface area contributed by atoms with Gasteiger partial charge in [-0.05, 0) is 42.7 Å². The van der Waals surface area contributed by atoms with E-state index in [4.69, 9.17) is 18.9 Å². The van der Waals surface area contributed by atoms with E-state index in [1.807, 2.05) is 6.07 Å². The summed E-state index contributed by atoms with van der Waals surface area (Å²) in [5, 5.41) is 2.39. The van der Waals surface area contributed by atoms with Crippen LogP contribution in [0.5, 0.6) is 23.0 Å².